The summed E-state index contributed by atoms with van der Waals surface area (Å²) in [5.74, 6) is 1.36. The fourth-order valence-electron chi connectivity index (χ4n) is 2.03. The van der Waals surface area contributed by atoms with Crippen molar-refractivity contribution in [3.63, 3.8) is 0 Å². The van der Waals surface area contributed by atoms with Gasteiger partial charge in [-0.2, -0.15) is 0 Å². The molecule has 2 heterocycles. The van der Waals surface area contributed by atoms with Crippen molar-refractivity contribution in [3.05, 3.63) is 46.6 Å². The molecule has 0 aliphatic heterocycles. The largest absolute Gasteiger partial charge is 0.438 e. The second-order valence-electron chi connectivity index (χ2n) is 4.59. The molecule has 0 radical (unpaired) electrons. The number of nitrogens with zero attached hydrogens (tertiary/aromatic N) is 2. The molecule has 0 aliphatic carbocycles. The summed E-state index contributed by atoms with van der Waals surface area (Å²) in [6.45, 7) is 4.68. The summed E-state index contributed by atoms with van der Waals surface area (Å²) in [6.07, 6.45) is 1.54. The first-order valence-corrected chi connectivity index (χ1v) is 7.18. The van der Waals surface area contributed by atoms with E-state index in [2.05, 4.69) is 23.8 Å². The molecule has 20 heavy (non-hydrogen) atoms. The highest BCUT2D eigenvalue weighted by Crippen LogP contribution is 2.35. The minimum Gasteiger partial charge on any atom is -0.438 e. The second-order valence-corrected chi connectivity index (χ2v) is 5.80. The third-order valence-corrected chi connectivity index (χ3v) is 4.42. The average Bonchev–Trinajstić information content (AvgIpc) is 2.76. The number of benzene rings is 1. The van der Waals surface area contributed by atoms with Gasteiger partial charge in [0.05, 0.1) is 5.39 Å². The van der Waals surface area contributed by atoms with Crippen molar-refractivity contribution >= 4 is 21.6 Å². The van der Waals surface area contributed by atoms with Crippen molar-refractivity contribution in [1.29, 1.82) is 0 Å². The number of fused-ring (bicyclic) bond motifs is 1. The van der Waals surface area contributed by atoms with Crippen LogP contribution in [0.3, 0.4) is 0 Å². The maximum absolute atomic E-state index is 5.90. The Balaban J connectivity index is 2.01. The highest BCUT2D eigenvalue weighted by atomic mass is 32.1. The predicted octanol–water partition coefficient (Wildman–Crippen LogP) is 3.56. The summed E-state index contributed by atoms with van der Waals surface area (Å²) in [5.41, 5.74) is 7.85. The molecule has 4 nitrogen and oxygen atoms in total. The summed E-state index contributed by atoms with van der Waals surface area (Å²) < 4.78 is 5.90. The molecule has 2 N–H and O–H groups in total. The van der Waals surface area contributed by atoms with E-state index < -0.39 is 0 Å². The number of rotatable bonds is 3. The van der Waals surface area contributed by atoms with E-state index in [-0.39, 0.29) is 0 Å². The van der Waals surface area contributed by atoms with Gasteiger partial charge in [-0.25, -0.2) is 9.97 Å². The van der Waals surface area contributed by atoms with Crippen LogP contribution in [0.4, 0.5) is 0 Å². The Hall–Kier alpha value is -1.98. The monoisotopic (exact) mass is 285 g/mol. The molecule has 0 amide bonds. The van der Waals surface area contributed by atoms with Crippen molar-refractivity contribution in [1.82, 2.24) is 9.97 Å². The molecule has 0 bridgehead atoms. The van der Waals surface area contributed by atoms with Crippen molar-refractivity contribution in [2.75, 3.05) is 0 Å². The van der Waals surface area contributed by atoms with Gasteiger partial charge < -0.3 is 10.5 Å². The molecule has 3 rings (SSSR count). The van der Waals surface area contributed by atoms with Crippen LogP contribution in [0.25, 0.3) is 10.2 Å². The van der Waals surface area contributed by atoms with Gasteiger partial charge in [-0.05, 0) is 37.1 Å². The average molecular weight is 285 g/mol. The first-order chi connectivity index (χ1) is 9.69. The number of nitrogens with two attached hydrogens (primary N) is 1. The van der Waals surface area contributed by atoms with Gasteiger partial charge in [0.15, 0.2) is 0 Å². The van der Waals surface area contributed by atoms with Gasteiger partial charge in [-0.1, -0.05) is 12.1 Å². The lowest BCUT2D eigenvalue weighted by molar-refractivity contribution is 0.468. The van der Waals surface area contributed by atoms with E-state index >= 15 is 0 Å². The van der Waals surface area contributed by atoms with Crippen LogP contribution in [0.1, 0.15) is 16.0 Å². The molecule has 0 aliphatic rings. The Morgan fingerprint density at radius 3 is 2.60 bits per heavy atom. The molecule has 3 aromatic rings. The molecule has 0 unspecified atom stereocenters. The van der Waals surface area contributed by atoms with Gasteiger partial charge in [0.1, 0.15) is 16.9 Å². The zero-order chi connectivity index (χ0) is 14.1. The third kappa shape index (κ3) is 2.26. The smallest absolute Gasteiger partial charge is 0.231 e. The summed E-state index contributed by atoms with van der Waals surface area (Å²) in [6, 6.07) is 7.73. The first kappa shape index (κ1) is 13.0. The Kier molecular flexibility index (Phi) is 3.38. The zero-order valence-electron chi connectivity index (χ0n) is 11.4. The summed E-state index contributed by atoms with van der Waals surface area (Å²) in [4.78, 5) is 10.8. The van der Waals surface area contributed by atoms with Crippen LogP contribution < -0.4 is 10.5 Å². The Labute approximate surface area is 121 Å². The molecule has 1 aromatic carbocycles. The van der Waals surface area contributed by atoms with E-state index in [1.165, 1.54) is 10.4 Å². The van der Waals surface area contributed by atoms with E-state index in [4.69, 9.17) is 10.5 Å². The quantitative estimate of drug-likeness (QED) is 0.799. The van der Waals surface area contributed by atoms with Crippen LogP contribution in [0.5, 0.6) is 11.6 Å². The van der Waals surface area contributed by atoms with Crippen molar-refractivity contribution in [3.8, 4) is 11.6 Å². The van der Waals surface area contributed by atoms with Crippen LogP contribution in [0.15, 0.2) is 30.6 Å². The second kappa shape index (κ2) is 5.19. The number of ether oxygens (including phenoxy) is 1. The zero-order valence-corrected chi connectivity index (χ0v) is 12.2. The van der Waals surface area contributed by atoms with Crippen LogP contribution >= 0.6 is 11.3 Å². The normalized spacial score (nSPS) is 10.9. The minimum atomic E-state index is 0.529. The Morgan fingerprint density at radius 1 is 1.15 bits per heavy atom. The van der Waals surface area contributed by atoms with E-state index in [0.29, 0.717) is 12.4 Å². The fraction of sp³-hybridized carbons (Fsp3) is 0.200. The van der Waals surface area contributed by atoms with Crippen LogP contribution in [0.2, 0.25) is 0 Å². The number of hydrogen-bond donors (Lipinski definition) is 1. The Morgan fingerprint density at radius 2 is 1.90 bits per heavy atom. The van der Waals surface area contributed by atoms with Gasteiger partial charge in [-0.3, -0.25) is 0 Å². The lowest BCUT2D eigenvalue weighted by Gasteiger charge is -2.06. The lowest BCUT2D eigenvalue weighted by Crippen LogP contribution is -1.96. The first-order valence-electron chi connectivity index (χ1n) is 6.36. The van der Waals surface area contributed by atoms with Gasteiger partial charge in [0.2, 0.25) is 5.88 Å². The number of hydrogen-bond acceptors (Lipinski definition) is 5. The number of aryl methyl sites for hydroxylation is 2. The maximum Gasteiger partial charge on any atom is 0.231 e. The van der Waals surface area contributed by atoms with Crippen molar-refractivity contribution in [2.24, 2.45) is 5.73 Å². The van der Waals surface area contributed by atoms with Gasteiger partial charge in [0, 0.05) is 11.4 Å². The maximum atomic E-state index is 5.90. The van der Waals surface area contributed by atoms with Crippen LogP contribution in [-0.4, -0.2) is 9.97 Å². The standard InChI is InChI=1S/C15H15N3OS/c1-9-10(2)20-15-13(9)14(17-8-18-15)19-12-5-3-11(7-16)4-6-12/h3-6,8H,7,16H2,1-2H3. The van der Waals surface area contributed by atoms with Gasteiger partial charge in [-0.15, -0.1) is 11.3 Å². The van der Waals surface area contributed by atoms with Gasteiger partial charge >= 0.3 is 0 Å². The molecule has 0 saturated carbocycles. The fourth-order valence-corrected chi connectivity index (χ4v) is 3.02. The molecule has 0 spiro atoms. The van der Waals surface area contributed by atoms with E-state index in [1.807, 2.05) is 24.3 Å². The molecule has 0 fully saturated rings. The molecule has 102 valence electrons. The van der Waals surface area contributed by atoms with E-state index in [1.54, 1.807) is 17.7 Å². The lowest BCUT2D eigenvalue weighted by atomic mass is 10.2. The number of thiophene rings is 1. The third-order valence-electron chi connectivity index (χ3n) is 3.30. The molecule has 0 saturated heterocycles. The van der Waals surface area contributed by atoms with E-state index in [9.17, 15) is 0 Å². The van der Waals surface area contributed by atoms with Gasteiger partial charge in [0.25, 0.3) is 0 Å². The van der Waals surface area contributed by atoms with E-state index in [0.717, 1.165) is 21.5 Å². The topological polar surface area (TPSA) is 61.0 Å². The molecule has 0 atom stereocenters. The Bertz CT molecular complexity index is 750. The van der Waals surface area contributed by atoms with Crippen LogP contribution in [-0.2, 0) is 6.54 Å². The molecule has 5 heteroatoms. The highest BCUT2D eigenvalue weighted by Gasteiger charge is 2.13. The SMILES string of the molecule is Cc1sc2ncnc(Oc3ccc(CN)cc3)c2c1C. The minimum absolute atomic E-state index is 0.529. The highest BCUT2D eigenvalue weighted by molar-refractivity contribution is 7.18. The molecular formula is C15H15N3OS. The van der Waals surface area contributed by atoms with Crippen LogP contribution in [0, 0.1) is 13.8 Å². The van der Waals surface area contributed by atoms with Crippen molar-refractivity contribution < 1.29 is 4.74 Å². The van der Waals surface area contributed by atoms with Crippen molar-refractivity contribution in [2.45, 2.75) is 20.4 Å². The summed E-state index contributed by atoms with van der Waals surface area (Å²) in [7, 11) is 0. The summed E-state index contributed by atoms with van der Waals surface area (Å²) in [5, 5.41) is 0.998. The number of aromatic nitrogens is 2. The molecular weight excluding hydrogens is 270 g/mol. The predicted molar refractivity (Wildman–Crippen MR) is 81.3 cm³/mol. The summed E-state index contributed by atoms with van der Waals surface area (Å²) >= 11 is 1.66. The molecule has 2 aromatic heterocycles.